The Morgan fingerprint density at radius 3 is 3.04 bits per heavy atom. The molecule has 0 saturated carbocycles. The van der Waals surface area contributed by atoms with E-state index < -0.39 is 0 Å². The zero-order valence-corrected chi connectivity index (χ0v) is 16.3. The van der Waals surface area contributed by atoms with Gasteiger partial charge in [-0.05, 0) is 19.1 Å². The highest BCUT2D eigenvalue weighted by molar-refractivity contribution is 7.15. The molecule has 0 bridgehead atoms. The largest absolute Gasteiger partial charge is 0.497 e. The van der Waals surface area contributed by atoms with E-state index in [9.17, 15) is 4.79 Å². The summed E-state index contributed by atoms with van der Waals surface area (Å²) in [6.45, 7) is 4.48. The minimum absolute atomic E-state index is 0.0240. The average Bonchev–Trinajstić information content (AvgIpc) is 3.05. The van der Waals surface area contributed by atoms with Crippen molar-refractivity contribution in [1.82, 2.24) is 15.2 Å². The molecule has 0 aliphatic carbocycles. The van der Waals surface area contributed by atoms with Gasteiger partial charge in [0.2, 0.25) is 5.91 Å². The van der Waals surface area contributed by atoms with Crippen molar-refractivity contribution in [3.63, 3.8) is 0 Å². The van der Waals surface area contributed by atoms with Gasteiger partial charge in [0.15, 0.2) is 0 Å². The molecule has 0 radical (unpaired) electrons. The molecule has 1 aromatic carbocycles. The Labute approximate surface area is 158 Å². The minimum atomic E-state index is 0.0240. The quantitative estimate of drug-likeness (QED) is 0.805. The maximum Gasteiger partial charge on any atom is 0.234 e. The van der Waals surface area contributed by atoms with Gasteiger partial charge in [-0.1, -0.05) is 12.1 Å². The van der Waals surface area contributed by atoms with Gasteiger partial charge < -0.3 is 14.8 Å². The fraction of sp³-hybridized carbons (Fsp3) is 0.474. The van der Waals surface area contributed by atoms with Crippen LogP contribution in [0.25, 0.3) is 10.6 Å². The van der Waals surface area contributed by atoms with Crippen LogP contribution in [0.4, 0.5) is 0 Å². The van der Waals surface area contributed by atoms with Gasteiger partial charge in [-0.2, -0.15) is 0 Å². The Kier molecular flexibility index (Phi) is 6.24. The number of ether oxygens (including phenoxy) is 2. The van der Waals surface area contributed by atoms with Gasteiger partial charge in [0, 0.05) is 43.1 Å². The van der Waals surface area contributed by atoms with Crippen LogP contribution >= 0.6 is 11.3 Å². The number of nitrogens with zero attached hydrogens (tertiary/aromatic N) is 2. The molecule has 1 unspecified atom stereocenters. The monoisotopic (exact) mass is 375 g/mol. The molecule has 1 atom stereocenters. The van der Waals surface area contributed by atoms with E-state index in [0.29, 0.717) is 13.2 Å². The fourth-order valence-electron chi connectivity index (χ4n) is 3.08. The van der Waals surface area contributed by atoms with Gasteiger partial charge in [0.1, 0.15) is 10.8 Å². The Morgan fingerprint density at radius 2 is 2.27 bits per heavy atom. The molecule has 1 amide bonds. The van der Waals surface area contributed by atoms with Crippen LogP contribution < -0.4 is 10.1 Å². The normalized spacial score (nSPS) is 15.3. The van der Waals surface area contributed by atoms with Crippen molar-refractivity contribution in [2.45, 2.75) is 25.9 Å². The Bertz CT molecular complexity index is 762. The number of benzene rings is 1. The first kappa shape index (κ1) is 18.8. The first-order valence-corrected chi connectivity index (χ1v) is 9.54. The molecule has 26 heavy (non-hydrogen) atoms. The summed E-state index contributed by atoms with van der Waals surface area (Å²) < 4.78 is 10.4. The molecule has 1 N–H and O–H groups in total. The van der Waals surface area contributed by atoms with Gasteiger partial charge in [0.05, 0.1) is 26.0 Å². The standard InChI is InChI=1S/C19H25N3O3S/c1-13(12-24-2)20-18(23)11-22-8-7-16-17(10-22)26-19(21-16)14-5-4-6-15(9-14)25-3/h4-6,9,13H,7-8,10-12H2,1-3H3,(H,20,23). The molecule has 1 aromatic heterocycles. The zero-order valence-electron chi connectivity index (χ0n) is 15.4. The maximum absolute atomic E-state index is 12.2. The summed E-state index contributed by atoms with van der Waals surface area (Å²) in [6.07, 6.45) is 0.872. The first-order chi connectivity index (χ1) is 12.6. The molecule has 0 fully saturated rings. The maximum atomic E-state index is 12.2. The molecule has 2 aromatic rings. The van der Waals surface area contributed by atoms with Gasteiger partial charge in [0.25, 0.3) is 0 Å². The van der Waals surface area contributed by atoms with Crippen LogP contribution in [0.15, 0.2) is 24.3 Å². The van der Waals surface area contributed by atoms with E-state index in [1.54, 1.807) is 25.6 Å². The van der Waals surface area contributed by atoms with Crippen molar-refractivity contribution >= 4 is 17.2 Å². The van der Waals surface area contributed by atoms with Gasteiger partial charge in [-0.15, -0.1) is 11.3 Å². The lowest BCUT2D eigenvalue weighted by molar-refractivity contribution is -0.123. The number of carbonyl (C=O) groups is 1. The van der Waals surface area contributed by atoms with E-state index in [2.05, 4.69) is 16.3 Å². The summed E-state index contributed by atoms with van der Waals surface area (Å²) >= 11 is 1.70. The molecule has 2 heterocycles. The van der Waals surface area contributed by atoms with Crippen LogP contribution in [-0.4, -0.2) is 55.7 Å². The molecule has 0 saturated heterocycles. The number of thiazole rings is 1. The first-order valence-electron chi connectivity index (χ1n) is 8.72. The Balaban J connectivity index is 1.64. The predicted molar refractivity (Wildman–Crippen MR) is 103 cm³/mol. The lowest BCUT2D eigenvalue weighted by Gasteiger charge is -2.25. The summed E-state index contributed by atoms with van der Waals surface area (Å²) in [5.41, 5.74) is 2.22. The highest BCUT2D eigenvalue weighted by Gasteiger charge is 2.23. The third-order valence-corrected chi connectivity index (χ3v) is 5.45. The van der Waals surface area contributed by atoms with E-state index in [1.165, 1.54) is 4.88 Å². The van der Waals surface area contributed by atoms with Crippen LogP contribution in [0.3, 0.4) is 0 Å². The highest BCUT2D eigenvalue weighted by Crippen LogP contribution is 2.32. The Morgan fingerprint density at radius 1 is 1.42 bits per heavy atom. The molecular formula is C19H25N3O3S. The smallest absolute Gasteiger partial charge is 0.234 e. The minimum Gasteiger partial charge on any atom is -0.497 e. The number of amides is 1. The molecule has 1 aliphatic rings. The number of rotatable bonds is 7. The van der Waals surface area contributed by atoms with E-state index in [0.717, 1.165) is 41.5 Å². The van der Waals surface area contributed by atoms with Crippen molar-refractivity contribution in [2.24, 2.45) is 0 Å². The highest BCUT2D eigenvalue weighted by atomic mass is 32.1. The van der Waals surface area contributed by atoms with Crippen molar-refractivity contribution in [3.05, 3.63) is 34.8 Å². The molecule has 6 nitrogen and oxygen atoms in total. The number of hydrogen-bond donors (Lipinski definition) is 1. The molecular weight excluding hydrogens is 350 g/mol. The second-order valence-corrected chi connectivity index (χ2v) is 7.59. The Hall–Kier alpha value is -1.96. The summed E-state index contributed by atoms with van der Waals surface area (Å²) in [7, 11) is 3.31. The third-order valence-electron chi connectivity index (χ3n) is 4.32. The molecule has 3 rings (SSSR count). The topological polar surface area (TPSA) is 63.7 Å². The van der Waals surface area contributed by atoms with E-state index >= 15 is 0 Å². The SMILES string of the molecule is COCC(C)NC(=O)CN1CCc2nc(-c3cccc(OC)c3)sc2C1. The third kappa shape index (κ3) is 4.60. The van der Waals surface area contributed by atoms with Crippen LogP contribution in [0.5, 0.6) is 5.75 Å². The summed E-state index contributed by atoms with van der Waals surface area (Å²) in [5.74, 6) is 0.870. The van der Waals surface area contributed by atoms with Crippen molar-refractivity contribution in [3.8, 4) is 16.3 Å². The van der Waals surface area contributed by atoms with Crippen molar-refractivity contribution in [2.75, 3.05) is 33.9 Å². The number of aromatic nitrogens is 1. The second-order valence-electron chi connectivity index (χ2n) is 6.51. The zero-order chi connectivity index (χ0) is 18.5. The number of nitrogens with one attached hydrogen (secondary N) is 1. The molecule has 1 aliphatic heterocycles. The van der Waals surface area contributed by atoms with Crippen molar-refractivity contribution < 1.29 is 14.3 Å². The van der Waals surface area contributed by atoms with Crippen LogP contribution in [0, 0.1) is 0 Å². The van der Waals surface area contributed by atoms with Gasteiger partial charge in [-0.25, -0.2) is 4.98 Å². The number of methoxy groups -OCH3 is 2. The number of fused-ring (bicyclic) bond motifs is 1. The predicted octanol–water partition coefficient (Wildman–Crippen LogP) is 2.33. The van der Waals surface area contributed by atoms with E-state index in [-0.39, 0.29) is 11.9 Å². The average molecular weight is 375 g/mol. The summed E-state index contributed by atoms with van der Waals surface area (Å²) in [4.78, 5) is 20.4. The molecule has 7 heteroatoms. The van der Waals surface area contributed by atoms with E-state index in [4.69, 9.17) is 14.5 Å². The van der Waals surface area contributed by atoms with Crippen LogP contribution in [-0.2, 0) is 22.5 Å². The van der Waals surface area contributed by atoms with Gasteiger partial charge in [-0.3, -0.25) is 9.69 Å². The molecule has 140 valence electrons. The van der Waals surface area contributed by atoms with Crippen molar-refractivity contribution in [1.29, 1.82) is 0 Å². The number of hydrogen-bond acceptors (Lipinski definition) is 6. The van der Waals surface area contributed by atoms with E-state index in [1.807, 2.05) is 25.1 Å². The lowest BCUT2D eigenvalue weighted by Crippen LogP contribution is -2.43. The molecule has 0 spiro atoms. The fourth-order valence-corrected chi connectivity index (χ4v) is 4.22. The van der Waals surface area contributed by atoms with Gasteiger partial charge >= 0.3 is 0 Å². The number of carbonyl (C=O) groups excluding carboxylic acids is 1. The lowest BCUT2D eigenvalue weighted by atomic mass is 10.1. The second kappa shape index (κ2) is 8.62. The summed E-state index contributed by atoms with van der Waals surface area (Å²) in [6, 6.07) is 7.99. The summed E-state index contributed by atoms with van der Waals surface area (Å²) in [5, 5.41) is 3.97. The van der Waals surface area contributed by atoms with Crippen LogP contribution in [0.2, 0.25) is 0 Å². The van der Waals surface area contributed by atoms with Crippen LogP contribution in [0.1, 0.15) is 17.5 Å².